The molecule has 8 heteroatoms. The number of hydrogen-bond donors (Lipinski definition) is 2. The van der Waals surface area contributed by atoms with Crippen LogP contribution >= 0.6 is 22.9 Å². The smallest absolute Gasteiger partial charge is 0.257 e. The van der Waals surface area contributed by atoms with Gasteiger partial charge in [-0.1, -0.05) is 29.8 Å². The maximum atomic E-state index is 12.7. The van der Waals surface area contributed by atoms with Crippen LogP contribution in [0.25, 0.3) is 10.4 Å². The third-order valence-electron chi connectivity index (χ3n) is 4.42. The van der Waals surface area contributed by atoms with Crippen LogP contribution in [0.5, 0.6) is 0 Å². The van der Waals surface area contributed by atoms with Crippen molar-refractivity contribution in [2.24, 2.45) is 0 Å². The quantitative estimate of drug-likeness (QED) is 0.407. The van der Waals surface area contributed by atoms with E-state index in [4.69, 9.17) is 11.6 Å². The van der Waals surface area contributed by atoms with Gasteiger partial charge in [0.15, 0.2) is 0 Å². The molecule has 0 aliphatic heterocycles. The van der Waals surface area contributed by atoms with Crippen LogP contribution in [0.3, 0.4) is 0 Å². The number of rotatable bonds is 6. The predicted molar refractivity (Wildman–Crippen MR) is 121 cm³/mol. The number of nitrogens with one attached hydrogen (secondary N) is 2. The highest BCUT2D eigenvalue weighted by molar-refractivity contribution is 7.13. The van der Waals surface area contributed by atoms with E-state index >= 15 is 0 Å². The van der Waals surface area contributed by atoms with E-state index in [9.17, 15) is 4.79 Å². The zero-order valence-electron chi connectivity index (χ0n) is 16.0. The van der Waals surface area contributed by atoms with Gasteiger partial charge in [-0.3, -0.25) is 14.8 Å². The minimum atomic E-state index is -0.209. The summed E-state index contributed by atoms with van der Waals surface area (Å²) in [6.45, 7) is 2.00. The molecule has 0 saturated carbocycles. The fourth-order valence-electron chi connectivity index (χ4n) is 2.95. The number of carbonyl (C=O) groups excluding carboxylic acids is 1. The third kappa shape index (κ3) is 4.82. The molecule has 30 heavy (non-hydrogen) atoms. The maximum Gasteiger partial charge on any atom is 0.257 e. The van der Waals surface area contributed by atoms with Gasteiger partial charge in [-0.25, -0.2) is 4.98 Å². The van der Waals surface area contributed by atoms with Gasteiger partial charge in [-0.15, -0.1) is 11.3 Å². The van der Waals surface area contributed by atoms with Crippen molar-refractivity contribution >= 4 is 40.4 Å². The van der Waals surface area contributed by atoms with Crippen molar-refractivity contribution in [3.8, 4) is 10.4 Å². The van der Waals surface area contributed by atoms with E-state index < -0.39 is 0 Å². The van der Waals surface area contributed by atoms with Crippen molar-refractivity contribution in [1.82, 2.24) is 15.0 Å². The summed E-state index contributed by atoms with van der Waals surface area (Å²) in [5.74, 6) is 0.375. The van der Waals surface area contributed by atoms with Crippen LogP contribution < -0.4 is 10.6 Å². The van der Waals surface area contributed by atoms with E-state index in [1.165, 1.54) is 6.20 Å². The Bertz CT molecular complexity index is 1170. The summed E-state index contributed by atoms with van der Waals surface area (Å²) in [5.41, 5.74) is 3.11. The molecule has 0 aliphatic rings. The molecule has 4 aromatic rings. The molecular formula is C22H18ClN5OS. The Hall–Kier alpha value is -3.29. The van der Waals surface area contributed by atoms with E-state index in [2.05, 4.69) is 25.6 Å². The van der Waals surface area contributed by atoms with Gasteiger partial charge >= 0.3 is 0 Å². The Labute approximate surface area is 183 Å². The summed E-state index contributed by atoms with van der Waals surface area (Å²) >= 11 is 7.50. The number of amides is 1. The second-order valence-electron chi connectivity index (χ2n) is 6.61. The lowest BCUT2D eigenvalue weighted by molar-refractivity contribution is 0.102. The number of carbonyl (C=O) groups is 1. The van der Waals surface area contributed by atoms with E-state index in [0.29, 0.717) is 22.2 Å². The van der Waals surface area contributed by atoms with Gasteiger partial charge in [0.2, 0.25) is 0 Å². The van der Waals surface area contributed by atoms with Crippen molar-refractivity contribution in [3.05, 3.63) is 88.9 Å². The van der Waals surface area contributed by atoms with Gasteiger partial charge in [-0.2, -0.15) is 0 Å². The lowest BCUT2D eigenvalue weighted by atomic mass is 10.1. The first-order valence-electron chi connectivity index (χ1n) is 9.23. The number of benzene rings is 1. The highest BCUT2D eigenvalue weighted by Gasteiger charge is 2.11. The second-order valence-corrected chi connectivity index (χ2v) is 7.95. The number of aromatic nitrogens is 3. The van der Waals surface area contributed by atoms with Gasteiger partial charge in [0.1, 0.15) is 11.0 Å². The van der Waals surface area contributed by atoms with Crippen LogP contribution in [-0.2, 0) is 0 Å². The molecule has 1 amide bonds. The monoisotopic (exact) mass is 435 g/mol. The average molecular weight is 436 g/mol. The first-order valence-corrected chi connectivity index (χ1v) is 10.5. The Morgan fingerprint density at radius 3 is 2.73 bits per heavy atom. The molecule has 150 valence electrons. The van der Waals surface area contributed by atoms with Crippen LogP contribution in [0.15, 0.2) is 72.6 Å². The van der Waals surface area contributed by atoms with E-state index in [-0.39, 0.29) is 11.9 Å². The average Bonchev–Trinajstić information content (AvgIpc) is 3.29. The van der Waals surface area contributed by atoms with Crippen molar-refractivity contribution in [2.75, 3.05) is 10.6 Å². The van der Waals surface area contributed by atoms with Crippen molar-refractivity contribution in [2.45, 2.75) is 13.0 Å². The molecule has 4 rings (SSSR count). The molecule has 0 radical (unpaired) electrons. The summed E-state index contributed by atoms with van der Waals surface area (Å²) in [4.78, 5) is 26.3. The Kier molecular flexibility index (Phi) is 6.02. The third-order valence-corrected chi connectivity index (χ3v) is 5.52. The molecule has 1 atom stereocenters. The molecule has 3 aromatic heterocycles. The summed E-state index contributed by atoms with van der Waals surface area (Å²) in [6, 6.07) is 13.4. The van der Waals surface area contributed by atoms with Gasteiger partial charge < -0.3 is 10.6 Å². The van der Waals surface area contributed by atoms with E-state index in [1.54, 1.807) is 29.9 Å². The summed E-state index contributed by atoms with van der Waals surface area (Å²) in [5, 5.41) is 8.52. The maximum absolute atomic E-state index is 12.7. The van der Waals surface area contributed by atoms with Crippen LogP contribution in [0, 0.1) is 0 Å². The first kappa shape index (κ1) is 20.0. The van der Waals surface area contributed by atoms with Crippen molar-refractivity contribution < 1.29 is 4.79 Å². The normalized spacial score (nSPS) is 11.7. The van der Waals surface area contributed by atoms with Crippen LogP contribution in [-0.4, -0.2) is 20.9 Å². The minimum absolute atomic E-state index is 0.0570. The fraction of sp³-hybridized carbons (Fsp3) is 0.0909. The number of anilines is 2. The van der Waals surface area contributed by atoms with Gasteiger partial charge in [-0.05, 0) is 42.1 Å². The van der Waals surface area contributed by atoms with Gasteiger partial charge in [0, 0.05) is 28.5 Å². The summed E-state index contributed by atoms with van der Waals surface area (Å²) in [6.07, 6.45) is 6.42. The molecule has 1 aromatic carbocycles. The minimum Gasteiger partial charge on any atom is -0.362 e. The molecule has 0 unspecified atom stereocenters. The van der Waals surface area contributed by atoms with Crippen LogP contribution in [0.4, 0.5) is 11.5 Å². The van der Waals surface area contributed by atoms with Crippen LogP contribution in [0.1, 0.15) is 28.9 Å². The SMILES string of the molecule is C[C@H](Nc1cncc(Cl)n1)c1cccc(NC(=O)c2cncc(-c3cccs3)c2)c1. The van der Waals surface area contributed by atoms with Gasteiger partial charge in [0.05, 0.1) is 24.0 Å². The summed E-state index contributed by atoms with van der Waals surface area (Å²) < 4.78 is 0. The second kappa shape index (κ2) is 9.02. The zero-order chi connectivity index (χ0) is 20.9. The molecule has 0 fully saturated rings. The van der Waals surface area contributed by atoms with Crippen LogP contribution in [0.2, 0.25) is 5.15 Å². The highest BCUT2D eigenvalue weighted by Crippen LogP contribution is 2.25. The number of nitrogens with zero attached hydrogens (tertiary/aromatic N) is 3. The highest BCUT2D eigenvalue weighted by atomic mass is 35.5. The number of halogens is 1. The molecule has 3 heterocycles. The predicted octanol–water partition coefficient (Wildman–Crippen LogP) is 5.68. The number of thiophene rings is 1. The molecular weight excluding hydrogens is 418 g/mol. The van der Waals surface area contributed by atoms with Crippen molar-refractivity contribution in [1.29, 1.82) is 0 Å². The number of hydrogen-bond acceptors (Lipinski definition) is 6. The number of pyridine rings is 1. The standard InChI is InChI=1S/C22H18ClN5OS/c1-14(26-21-13-25-12-20(23)28-21)15-4-2-5-18(9-15)27-22(29)17-8-16(10-24-11-17)19-6-3-7-30-19/h2-14H,1H3,(H,26,28)(H,27,29)/t14-/m0/s1. The van der Waals surface area contributed by atoms with E-state index in [0.717, 1.165) is 16.0 Å². The Morgan fingerprint density at radius 2 is 1.93 bits per heavy atom. The zero-order valence-corrected chi connectivity index (χ0v) is 17.6. The van der Waals surface area contributed by atoms with Crippen molar-refractivity contribution in [3.63, 3.8) is 0 Å². The van der Waals surface area contributed by atoms with E-state index in [1.807, 2.05) is 54.8 Å². The molecule has 0 saturated heterocycles. The molecule has 0 spiro atoms. The Morgan fingerprint density at radius 1 is 1.07 bits per heavy atom. The molecule has 6 nitrogen and oxygen atoms in total. The first-order chi connectivity index (χ1) is 14.6. The lowest BCUT2D eigenvalue weighted by Crippen LogP contribution is -2.13. The molecule has 0 bridgehead atoms. The Balaban J connectivity index is 1.48. The van der Waals surface area contributed by atoms with Gasteiger partial charge in [0.25, 0.3) is 5.91 Å². The lowest BCUT2D eigenvalue weighted by Gasteiger charge is -2.16. The molecule has 0 aliphatic carbocycles. The molecule has 2 N–H and O–H groups in total. The largest absolute Gasteiger partial charge is 0.362 e. The topological polar surface area (TPSA) is 79.8 Å². The summed E-state index contributed by atoms with van der Waals surface area (Å²) in [7, 11) is 0. The fourth-order valence-corrected chi connectivity index (χ4v) is 3.80.